The number of carbonyl (C=O) groups is 1. The van der Waals surface area contributed by atoms with E-state index in [1.165, 1.54) is 6.07 Å². The van der Waals surface area contributed by atoms with E-state index < -0.39 is 0 Å². The maximum atomic E-state index is 13.8. The number of carbonyl (C=O) groups excluding carboxylic acids is 1. The Bertz CT molecular complexity index is 659. The van der Waals surface area contributed by atoms with Crippen LogP contribution in [0.3, 0.4) is 0 Å². The highest BCUT2D eigenvalue weighted by atomic mass is 19.1. The molecule has 1 aliphatic heterocycles. The minimum absolute atomic E-state index is 0.0637. The van der Waals surface area contributed by atoms with E-state index in [4.69, 9.17) is 0 Å². The van der Waals surface area contributed by atoms with Crippen molar-refractivity contribution < 1.29 is 9.18 Å². The molecule has 114 valence electrons. The summed E-state index contributed by atoms with van der Waals surface area (Å²) in [5, 5.41) is 0. The van der Waals surface area contributed by atoms with Crippen molar-refractivity contribution >= 4 is 11.6 Å². The number of rotatable bonds is 3. The van der Waals surface area contributed by atoms with Crippen LogP contribution in [0.1, 0.15) is 12.5 Å². The summed E-state index contributed by atoms with van der Waals surface area (Å²) >= 11 is 0. The Morgan fingerprint density at radius 2 is 1.73 bits per heavy atom. The molecule has 0 aromatic heterocycles. The van der Waals surface area contributed by atoms with Crippen LogP contribution in [-0.4, -0.2) is 29.9 Å². The Kier molecular flexibility index (Phi) is 4.20. The summed E-state index contributed by atoms with van der Waals surface area (Å²) < 4.78 is 13.8. The fraction of sp³-hybridized carbons (Fsp3) is 0.278. The van der Waals surface area contributed by atoms with Gasteiger partial charge in [0.15, 0.2) is 0 Å². The highest BCUT2D eigenvalue weighted by molar-refractivity contribution is 5.97. The molecule has 1 saturated heterocycles. The molecule has 1 aliphatic rings. The monoisotopic (exact) mass is 298 g/mol. The molecule has 1 amide bonds. The third-order valence-corrected chi connectivity index (χ3v) is 4.18. The highest BCUT2D eigenvalue weighted by Gasteiger charge is 2.32. The Labute approximate surface area is 130 Å². The number of para-hydroxylation sites is 1. The van der Waals surface area contributed by atoms with E-state index in [2.05, 4.69) is 0 Å². The number of hydrogen-bond donors (Lipinski definition) is 0. The Hall–Kier alpha value is -2.20. The normalized spacial score (nSPS) is 19.5. The van der Waals surface area contributed by atoms with Crippen LogP contribution in [0.2, 0.25) is 0 Å². The number of hydrogen-bond acceptors (Lipinski definition) is 2. The summed E-state index contributed by atoms with van der Waals surface area (Å²) in [6.45, 7) is 3.71. The quantitative estimate of drug-likeness (QED) is 0.869. The molecule has 0 radical (unpaired) electrons. The predicted molar refractivity (Wildman–Crippen MR) is 85.1 cm³/mol. The maximum Gasteiger partial charge on any atom is 0.244 e. The van der Waals surface area contributed by atoms with E-state index in [1.54, 1.807) is 12.1 Å². The molecule has 2 aromatic carbocycles. The van der Waals surface area contributed by atoms with E-state index >= 15 is 0 Å². The minimum atomic E-state index is -0.256. The van der Waals surface area contributed by atoms with Crippen molar-refractivity contribution in [3.05, 3.63) is 66.0 Å². The average Bonchev–Trinajstić information content (AvgIpc) is 2.55. The Balaban J connectivity index is 1.74. The van der Waals surface area contributed by atoms with E-state index in [0.29, 0.717) is 18.7 Å². The molecule has 22 heavy (non-hydrogen) atoms. The van der Waals surface area contributed by atoms with Crippen molar-refractivity contribution in [1.29, 1.82) is 0 Å². The third kappa shape index (κ3) is 2.88. The van der Waals surface area contributed by atoms with Crippen LogP contribution in [0.5, 0.6) is 0 Å². The Morgan fingerprint density at radius 3 is 2.45 bits per heavy atom. The lowest BCUT2D eigenvalue weighted by molar-refractivity contribution is -0.125. The van der Waals surface area contributed by atoms with Crippen molar-refractivity contribution in [3.8, 4) is 0 Å². The van der Waals surface area contributed by atoms with Gasteiger partial charge in [-0.25, -0.2) is 4.39 Å². The third-order valence-electron chi connectivity index (χ3n) is 4.18. The smallest absolute Gasteiger partial charge is 0.244 e. The van der Waals surface area contributed by atoms with Gasteiger partial charge in [0.05, 0.1) is 6.04 Å². The van der Waals surface area contributed by atoms with Gasteiger partial charge >= 0.3 is 0 Å². The molecule has 0 spiro atoms. The minimum Gasteiger partial charge on any atom is -0.310 e. The fourth-order valence-electron chi connectivity index (χ4n) is 2.84. The molecule has 0 aliphatic carbocycles. The van der Waals surface area contributed by atoms with Gasteiger partial charge in [0.25, 0.3) is 0 Å². The zero-order valence-corrected chi connectivity index (χ0v) is 12.6. The second-order valence-corrected chi connectivity index (χ2v) is 5.56. The van der Waals surface area contributed by atoms with Crippen LogP contribution in [0, 0.1) is 5.82 Å². The number of piperazine rings is 1. The largest absolute Gasteiger partial charge is 0.310 e. The summed E-state index contributed by atoms with van der Waals surface area (Å²) in [4.78, 5) is 16.4. The summed E-state index contributed by atoms with van der Waals surface area (Å²) in [6.07, 6.45) is 0. The van der Waals surface area contributed by atoms with Gasteiger partial charge in [-0.2, -0.15) is 0 Å². The van der Waals surface area contributed by atoms with Crippen LogP contribution in [0.15, 0.2) is 54.6 Å². The second kappa shape index (κ2) is 6.28. The standard InChI is InChI=1S/C18H19FN2O/c1-14-18(22)21(16-8-3-2-4-9-16)12-11-20(14)13-15-7-5-6-10-17(15)19/h2-10,14H,11-13H2,1H3. The predicted octanol–water partition coefficient (Wildman–Crippen LogP) is 3.06. The maximum absolute atomic E-state index is 13.8. The van der Waals surface area contributed by atoms with Gasteiger partial charge in [0, 0.05) is 30.9 Å². The molecule has 3 nitrogen and oxygen atoms in total. The SMILES string of the molecule is CC1C(=O)N(c2ccccc2)CCN1Cc1ccccc1F. The topological polar surface area (TPSA) is 23.6 Å². The summed E-state index contributed by atoms with van der Waals surface area (Å²) in [6, 6.07) is 16.2. The molecule has 0 bridgehead atoms. The lowest BCUT2D eigenvalue weighted by Crippen LogP contribution is -2.55. The molecule has 1 atom stereocenters. The lowest BCUT2D eigenvalue weighted by atomic mass is 10.1. The molecule has 1 fully saturated rings. The first kappa shape index (κ1) is 14.7. The van der Waals surface area contributed by atoms with Crippen LogP contribution in [0.4, 0.5) is 10.1 Å². The Morgan fingerprint density at radius 1 is 1.05 bits per heavy atom. The molecule has 1 unspecified atom stereocenters. The number of benzene rings is 2. The zero-order valence-electron chi connectivity index (χ0n) is 12.6. The molecule has 0 N–H and O–H groups in total. The zero-order chi connectivity index (χ0) is 15.5. The molecular formula is C18H19FN2O. The van der Waals surface area contributed by atoms with Gasteiger partial charge in [-0.15, -0.1) is 0 Å². The number of halogens is 1. The van der Waals surface area contributed by atoms with Gasteiger partial charge in [0.1, 0.15) is 5.82 Å². The van der Waals surface area contributed by atoms with Gasteiger partial charge in [-0.05, 0) is 25.1 Å². The number of anilines is 1. The van der Waals surface area contributed by atoms with Crippen molar-refractivity contribution in [2.24, 2.45) is 0 Å². The van der Waals surface area contributed by atoms with Crippen molar-refractivity contribution in [2.75, 3.05) is 18.0 Å². The molecule has 4 heteroatoms. The number of amides is 1. The van der Waals surface area contributed by atoms with Crippen molar-refractivity contribution in [2.45, 2.75) is 19.5 Å². The lowest BCUT2D eigenvalue weighted by Gasteiger charge is -2.39. The van der Waals surface area contributed by atoms with E-state index in [-0.39, 0.29) is 17.8 Å². The first-order chi connectivity index (χ1) is 10.7. The van der Waals surface area contributed by atoms with Crippen molar-refractivity contribution in [1.82, 2.24) is 4.90 Å². The van der Waals surface area contributed by atoms with Gasteiger partial charge in [-0.3, -0.25) is 9.69 Å². The highest BCUT2D eigenvalue weighted by Crippen LogP contribution is 2.22. The van der Waals surface area contributed by atoms with Crippen LogP contribution < -0.4 is 4.90 Å². The number of nitrogens with zero attached hydrogens (tertiary/aromatic N) is 2. The fourth-order valence-corrected chi connectivity index (χ4v) is 2.84. The average molecular weight is 298 g/mol. The molecular weight excluding hydrogens is 279 g/mol. The first-order valence-electron chi connectivity index (χ1n) is 7.50. The first-order valence-corrected chi connectivity index (χ1v) is 7.50. The van der Waals surface area contributed by atoms with Crippen LogP contribution in [0.25, 0.3) is 0 Å². The van der Waals surface area contributed by atoms with Crippen molar-refractivity contribution in [3.63, 3.8) is 0 Å². The van der Waals surface area contributed by atoms with Gasteiger partial charge < -0.3 is 4.90 Å². The molecule has 2 aromatic rings. The molecule has 1 heterocycles. The van der Waals surface area contributed by atoms with Crippen LogP contribution >= 0.6 is 0 Å². The van der Waals surface area contributed by atoms with Crippen LogP contribution in [-0.2, 0) is 11.3 Å². The second-order valence-electron chi connectivity index (χ2n) is 5.56. The summed E-state index contributed by atoms with van der Waals surface area (Å²) in [5.41, 5.74) is 1.56. The van der Waals surface area contributed by atoms with E-state index in [9.17, 15) is 9.18 Å². The van der Waals surface area contributed by atoms with Gasteiger partial charge in [0.2, 0.25) is 5.91 Å². The summed E-state index contributed by atoms with van der Waals surface area (Å²) in [7, 11) is 0. The van der Waals surface area contributed by atoms with E-state index in [1.807, 2.05) is 53.1 Å². The van der Waals surface area contributed by atoms with Gasteiger partial charge in [-0.1, -0.05) is 36.4 Å². The molecule has 0 saturated carbocycles. The molecule has 3 rings (SSSR count). The van der Waals surface area contributed by atoms with E-state index in [0.717, 1.165) is 12.2 Å². The summed E-state index contributed by atoms with van der Waals surface area (Å²) in [5.74, 6) is -0.151.